The maximum absolute atomic E-state index is 10.9. The number of methoxy groups -OCH3 is 1. The summed E-state index contributed by atoms with van der Waals surface area (Å²) in [4.78, 5) is 15.0. The molecule has 1 aliphatic heterocycles. The van der Waals surface area contributed by atoms with E-state index in [0.29, 0.717) is 6.04 Å². The van der Waals surface area contributed by atoms with E-state index in [1.807, 2.05) is 24.3 Å². The SMILES string of the molecule is COc1ccc([C@H](C)[NH+]2CCN(c3ccc(C=O)cc3C)CC2)cc1. The van der Waals surface area contributed by atoms with Crippen LogP contribution in [0.25, 0.3) is 0 Å². The highest BCUT2D eigenvalue weighted by Crippen LogP contribution is 2.21. The number of hydrogen-bond donors (Lipinski definition) is 1. The monoisotopic (exact) mass is 339 g/mol. The van der Waals surface area contributed by atoms with Gasteiger partial charge in [-0.25, -0.2) is 0 Å². The standard InChI is InChI=1S/C21H26N2O2/c1-16-14-18(15-24)4-9-21(16)23-12-10-22(11-13-23)17(2)19-5-7-20(25-3)8-6-19/h4-9,14-15,17H,10-13H2,1-3H3/p+1/t17-/m0/s1. The van der Waals surface area contributed by atoms with Crippen molar-refractivity contribution in [1.82, 2.24) is 0 Å². The molecule has 0 amide bonds. The molecule has 1 heterocycles. The Kier molecular flexibility index (Phi) is 5.39. The molecule has 1 saturated heterocycles. The van der Waals surface area contributed by atoms with Crippen LogP contribution < -0.4 is 14.5 Å². The molecule has 1 aliphatic rings. The lowest BCUT2D eigenvalue weighted by Crippen LogP contribution is -3.14. The zero-order chi connectivity index (χ0) is 17.8. The third-order valence-electron chi connectivity index (χ3n) is 5.33. The number of carbonyl (C=O) groups is 1. The number of aldehydes is 1. The molecule has 0 saturated carbocycles. The Morgan fingerprint density at radius 2 is 1.80 bits per heavy atom. The number of quaternary nitrogens is 1. The lowest BCUT2D eigenvalue weighted by Gasteiger charge is -2.37. The first-order valence-corrected chi connectivity index (χ1v) is 8.91. The molecule has 1 fully saturated rings. The van der Waals surface area contributed by atoms with E-state index in [0.717, 1.165) is 43.8 Å². The quantitative estimate of drug-likeness (QED) is 0.849. The third-order valence-corrected chi connectivity index (χ3v) is 5.33. The number of rotatable bonds is 5. The van der Waals surface area contributed by atoms with Crippen molar-refractivity contribution in [3.05, 3.63) is 59.2 Å². The van der Waals surface area contributed by atoms with Gasteiger partial charge in [-0.2, -0.15) is 0 Å². The molecule has 2 aromatic carbocycles. The average Bonchev–Trinajstić information content (AvgIpc) is 2.67. The van der Waals surface area contributed by atoms with Gasteiger partial charge in [0, 0.05) is 16.8 Å². The number of anilines is 1. The second kappa shape index (κ2) is 7.70. The van der Waals surface area contributed by atoms with Crippen LogP contribution in [0.5, 0.6) is 5.75 Å². The molecule has 0 unspecified atom stereocenters. The zero-order valence-electron chi connectivity index (χ0n) is 15.3. The Morgan fingerprint density at radius 3 is 2.36 bits per heavy atom. The summed E-state index contributed by atoms with van der Waals surface area (Å²) >= 11 is 0. The van der Waals surface area contributed by atoms with Crippen molar-refractivity contribution in [2.24, 2.45) is 0 Å². The average molecular weight is 339 g/mol. The van der Waals surface area contributed by atoms with Crippen LogP contribution in [0.3, 0.4) is 0 Å². The van der Waals surface area contributed by atoms with Crippen molar-refractivity contribution < 1.29 is 14.4 Å². The topological polar surface area (TPSA) is 34.0 Å². The second-order valence-electron chi connectivity index (χ2n) is 6.80. The largest absolute Gasteiger partial charge is 0.497 e. The number of ether oxygens (including phenoxy) is 1. The Balaban J connectivity index is 1.63. The highest BCUT2D eigenvalue weighted by atomic mass is 16.5. The number of hydrogen-bond acceptors (Lipinski definition) is 3. The second-order valence-corrected chi connectivity index (χ2v) is 6.80. The third kappa shape index (κ3) is 3.85. The number of benzene rings is 2. The van der Waals surface area contributed by atoms with Crippen LogP contribution in [0.4, 0.5) is 5.69 Å². The van der Waals surface area contributed by atoms with E-state index >= 15 is 0 Å². The van der Waals surface area contributed by atoms with E-state index in [1.165, 1.54) is 16.8 Å². The first kappa shape index (κ1) is 17.5. The molecule has 132 valence electrons. The number of aryl methyl sites for hydroxylation is 1. The predicted octanol–water partition coefficient (Wildman–Crippen LogP) is 2.28. The van der Waals surface area contributed by atoms with Gasteiger partial charge in [-0.1, -0.05) is 0 Å². The molecule has 0 aromatic heterocycles. The molecule has 1 N–H and O–H groups in total. The van der Waals surface area contributed by atoms with E-state index in [4.69, 9.17) is 4.74 Å². The van der Waals surface area contributed by atoms with Crippen molar-refractivity contribution in [2.75, 3.05) is 38.2 Å². The summed E-state index contributed by atoms with van der Waals surface area (Å²) in [6.45, 7) is 8.69. The van der Waals surface area contributed by atoms with Gasteiger partial charge in [-0.15, -0.1) is 0 Å². The minimum absolute atomic E-state index is 0.478. The van der Waals surface area contributed by atoms with Crippen LogP contribution in [0.2, 0.25) is 0 Å². The van der Waals surface area contributed by atoms with Gasteiger partial charge in [0.05, 0.1) is 33.3 Å². The van der Waals surface area contributed by atoms with Crippen LogP contribution in [0.15, 0.2) is 42.5 Å². The van der Waals surface area contributed by atoms with Crippen LogP contribution in [-0.4, -0.2) is 39.6 Å². The Bertz CT molecular complexity index is 719. The summed E-state index contributed by atoms with van der Waals surface area (Å²) in [6.07, 6.45) is 0.912. The first-order chi connectivity index (χ1) is 12.1. The molecule has 3 rings (SSSR count). The Morgan fingerprint density at radius 1 is 1.12 bits per heavy atom. The molecule has 25 heavy (non-hydrogen) atoms. The summed E-state index contributed by atoms with van der Waals surface area (Å²) in [6, 6.07) is 14.9. The first-order valence-electron chi connectivity index (χ1n) is 8.91. The van der Waals surface area contributed by atoms with Gasteiger partial charge >= 0.3 is 0 Å². The van der Waals surface area contributed by atoms with Gasteiger partial charge in [0.15, 0.2) is 0 Å². The van der Waals surface area contributed by atoms with Gasteiger partial charge in [-0.05, 0) is 61.9 Å². The van der Waals surface area contributed by atoms with E-state index in [9.17, 15) is 4.79 Å². The van der Waals surface area contributed by atoms with Gasteiger partial charge in [0.1, 0.15) is 18.1 Å². The van der Waals surface area contributed by atoms with Gasteiger partial charge in [0.2, 0.25) is 0 Å². The van der Waals surface area contributed by atoms with Crippen LogP contribution >= 0.6 is 0 Å². The number of nitrogens with zero attached hydrogens (tertiary/aromatic N) is 1. The molecule has 4 nitrogen and oxygen atoms in total. The molecular weight excluding hydrogens is 312 g/mol. The van der Waals surface area contributed by atoms with Crippen LogP contribution in [-0.2, 0) is 0 Å². The highest BCUT2D eigenvalue weighted by Gasteiger charge is 2.26. The van der Waals surface area contributed by atoms with E-state index < -0.39 is 0 Å². The predicted molar refractivity (Wildman–Crippen MR) is 101 cm³/mol. The van der Waals surface area contributed by atoms with Crippen LogP contribution in [0.1, 0.15) is 34.5 Å². The smallest absolute Gasteiger partial charge is 0.150 e. The fraction of sp³-hybridized carbons (Fsp3) is 0.381. The fourth-order valence-electron chi connectivity index (χ4n) is 3.70. The molecule has 4 heteroatoms. The lowest BCUT2D eigenvalue weighted by atomic mass is 10.0. The summed E-state index contributed by atoms with van der Waals surface area (Å²) in [7, 11) is 1.70. The Hall–Kier alpha value is -2.33. The summed E-state index contributed by atoms with van der Waals surface area (Å²) in [5, 5.41) is 0. The van der Waals surface area contributed by atoms with E-state index in [1.54, 1.807) is 12.0 Å². The minimum Gasteiger partial charge on any atom is -0.497 e. The lowest BCUT2D eigenvalue weighted by molar-refractivity contribution is -0.930. The molecule has 0 spiro atoms. The summed E-state index contributed by atoms with van der Waals surface area (Å²) in [5.41, 5.74) is 4.53. The van der Waals surface area contributed by atoms with E-state index in [2.05, 4.69) is 36.9 Å². The zero-order valence-corrected chi connectivity index (χ0v) is 15.3. The van der Waals surface area contributed by atoms with E-state index in [-0.39, 0.29) is 0 Å². The summed E-state index contributed by atoms with van der Waals surface area (Å²) in [5.74, 6) is 0.907. The molecule has 1 atom stereocenters. The van der Waals surface area contributed by atoms with Crippen LogP contribution in [0, 0.1) is 6.92 Å². The fourth-order valence-corrected chi connectivity index (χ4v) is 3.70. The number of piperazine rings is 1. The number of nitrogens with one attached hydrogen (secondary N) is 1. The maximum Gasteiger partial charge on any atom is 0.150 e. The van der Waals surface area contributed by atoms with Crippen molar-refractivity contribution in [3.8, 4) is 5.75 Å². The van der Waals surface area contributed by atoms with Crippen molar-refractivity contribution in [1.29, 1.82) is 0 Å². The molecule has 0 aliphatic carbocycles. The van der Waals surface area contributed by atoms with Gasteiger partial charge < -0.3 is 14.5 Å². The van der Waals surface area contributed by atoms with Crippen molar-refractivity contribution >= 4 is 12.0 Å². The normalized spacial score (nSPS) is 16.5. The van der Waals surface area contributed by atoms with Gasteiger partial charge in [-0.3, -0.25) is 4.79 Å². The molecule has 0 radical (unpaired) electrons. The highest BCUT2D eigenvalue weighted by molar-refractivity contribution is 5.77. The van der Waals surface area contributed by atoms with Gasteiger partial charge in [0.25, 0.3) is 0 Å². The summed E-state index contributed by atoms with van der Waals surface area (Å²) < 4.78 is 5.25. The van der Waals surface area contributed by atoms with Crippen molar-refractivity contribution in [3.63, 3.8) is 0 Å². The minimum atomic E-state index is 0.478. The Labute approximate surface area is 150 Å². The molecule has 0 bridgehead atoms. The van der Waals surface area contributed by atoms with Crippen molar-refractivity contribution in [2.45, 2.75) is 19.9 Å². The maximum atomic E-state index is 10.9. The number of carbonyl (C=O) groups excluding carboxylic acids is 1. The molecular formula is C21H27N2O2+. The molecule has 2 aromatic rings.